The summed E-state index contributed by atoms with van der Waals surface area (Å²) < 4.78 is 32.9. The Morgan fingerprint density at radius 2 is 1.70 bits per heavy atom. The van der Waals surface area contributed by atoms with Gasteiger partial charge in [0.25, 0.3) is 0 Å². The van der Waals surface area contributed by atoms with Crippen molar-refractivity contribution in [3.63, 3.8) is 0 Å². The second kappa shape index (κ2) is 8.49. The molecule has 30 heavy (non-hydrogen) atoms. The van der Waals surface area contributed by atoms with Crippen molar-refractivity contribution in [2.45, 2.75) is 43.7 Å². The molecule has 1 atom stereocenters. The first kappa shape index (κ1) is 20.4. The third-order valence-corrected chi connectivity index (χ3v) is 7.19. The minimum Gasteiger partial charge on any atom is -0.458 e. The first-order chi connectivity index (χ1) is 14.5. The number of piperidine rings is 1. The van der Waals surface area contributed by atoms with Gasteiger partial charge in [-0.2, -0.15) is 4.31 Å². The van der Waals surface area contributed by atoms with Crippen molar-refractivity contribution in [2.75, 3.05) is 6.54 Å². The number of para-hydroxylation sites is 2. The van der Waals surface area contributed by atoms with Crippen LogP contribution in [0, 0.1) is 6.92 Å². The molecule has 2 aromatic carbocycles. The van der Waals surface area contributed by atoms with Crippen LogP contribution in [-0.4, -0.2) is 41.2 Å². The molecule has 0 saturated carbocycles. The Morgan fingerprint density at radius 3 is 2.43 bits per heavy atom. The Morgan fingerprint density at radius 1 is 1.03 bits per heavy atom. The van der Waals surface area contributed by atoms with E-state index < -0.39 is 22.0 Å². The second-order valence-electron chi connectivity index (χ2n) is 7.29. The Hall–Kier alpha value is -2.84. The molecule has 7 nitrogen and oxygen atoms in total. The topological polar surface area (TPSA) is 89.5 Å². The molecule has 3 aromatic rings. The maximum atomic E-state index is 13.1. The highest BCUT2D eigenvalue weighted by atomic mass is 32.2. The number of carbonyl (C=O) groups excluding carboxylic acids is 1. The fraction of sp³-hybridized carbons (Fsp3) is 0.318. The van der Waals surface area contributed by atoms with E-state index >= 15 is 0 Å². The number of rotatable bonds is 5. The lowest BCUT2D eigenvalue weighted by Gasteiger charge is -2.33. The number of aromatic nitrogens is 2. The van der Waals surface area contributed by atoms with Gasteiger partial charge in [-0.1, -0.05) is 30.3 Å². The lowest BCUT2D eigenvalue weighted by atomic mass is 10.1. The van der Waals surface area contributed by atoms with Crippen LogP contribution in [0.4, 0.5) is 0 Å². The molecule has 1 aromatic heterocycles. The lowest BCUT2D eigenvalue weighted by molar-refractivity contribution is -0.150. The molecule has 1 unspecified atom stereocenters. The number of ether oxygens (including phenoxy) is 1. The fourth-order valence-corrected chi connectivity index (χ4v) is 5.32. The predicted octanol–water partition coefficient (Wildman–Crippen LogP) is 3.22. The second-order valence-corrected chi connectivity index (χ2v) is 9.18. The summed E-state index contributed by atoms with van der Waals surface area (Å²) >= 11 is 0. The summed E-state index contributed by atoms with van der Waals surface area (Å²) in [7, 11) is -3.77. The van der Waals surface area contributed by atoms with Gasteiger partial charge >= 0.3 is 5.97 Å². The van der Waals surface area contributed by atoms with Gasteiger partial charge in [-0.05, 0) is 50.5 Å². The van der Waals surface area contributed by atoms with E-state index in [9.17, 15) is 13.2 Å². The van der Waals surface area contributed by atoms with E-state index in [4.69, 9.17) is 4.74 Å². The first-order valence-electron chi connectivity index (χ1n) is 9.92. The lowest BCUT2D eigenvalue weighted by Crippen LogP contribution is -2.48. The quantitative estimate of drug-likeness (QED) is 0.583. The number of sulfonamides is 1. The molecule has 0 bridgehead atoms. The number of esters is 1. The largest absolute Gasteiger partial charge is 0.458 e. The Bertz CT molecular complexity index is 1170. The molecule has 2 heterocycles. The van der Waals surface area contributed by atoms with Gasteiger partial charge in [-0.15, -0.1) is 0 Å². The predicted molar refractivity (Wildman–Crippen MR) is 112 cm³/mol. The molecular formula is C22H23N3O4S. The van der Waals surface area contributed by atoms with Crippen molar-refractivity contribution < 1.29 is 17.9 Å². The molecule has 0 aliphatic carbocycles. The normalized spacial score (nSPS) is 17.7. The van der Waals surface area contributed by atoms with Crippen LogP contribution in [0.15, 0.2) is 59.5 Å². The molecule has 0 amide bonds. The van der Waals surface area contributed by atoms with E-state index in [1.807, 2.05) is 31.2 Å². The van der Waals surface area contributed by atoms with Crippen molar-refractivity contribution in [1.82, 2.24) is 14.3 Å². The number of carbonyl (C=O) groups is 1. The third-order valence-electron chi connectivity index (χ3n) is 5.27. The minimum absolute atomic E-state index is 0.0434. The summed E-state index contributed by atoms with van der Waals surface area (Å²) in [5.74, 6) is -0.552. The van der Waals surface area contributed by atoms with Gasteiger partial charge in [0, 0.05) is 6.54 Å². The van der Waals surface area contributed by atoms with E-state index in [0.29, 0.717) is 30.8 Å². The maximum absolute atomic E-state index is 13.1. The molecule has 0 N–H and O–H groups in total. The highest BCUT2D eigenvalue weighted by Gasteiger charge is 2.38. The van der Waals surface area contributed by atoms with Crippen LogP contribution in [0.1, 0.15) is 30.7 Å². The average molecular weight is 426 g/mol. The standard InChI is InChI=1S/C22H23N3O4S/c1-16-20(24-19-12-6-5-11-18(19)23-16)15-29-22(26)21-13-7-8-14-25(21)30(27,28)17-9-3-2-4-10-17/h2-6,9-12,21H,7-8,13-15H2,1H3. The van der Waals surface area contributed by atoms with Crippen LogP contribution in [0.2, 0.25) is 0 Å². The number of benzene rings is 2. The number of nitrogens with zero attached hydrogens (tertiary/aromatic N) is 3. The van der Waals surface area contributed by atoms with Crippen molar-refractivity contribution >= 4 is 27.0 Å². The van der Waals surface area contributed by atoms with Gasteiger partial charge in [0.15, 0.2) is 0 Å². The van der Waals surface area contributed by atoms with Crippen LogP contribution in [-0.2, 0) is 26.2 Å². The van der Waals surface area contributed by atoms with Gasteiger partial charge in [-0.25, -0.2) is 18.4 Å². The van der Waals surface area contributed by atoms with E-state index in [1.165, 1.54) is 4.31 Å². The molecular weight excluding hydrogens is 402 g/mol. The van der Waals surface area contributed by atoms with Crippen LogP contribution in [0.5, 0.6) is 0 Å². The summed E-state index contributed by atoms with van der Waals surface area (Å²) in [5, 5.41) is 0. The summed E-state index contributed by atoms with van der Waals surface area (Å²) in [5.41, 5.74) is 2.74. The van der Waals surface area contributed by atoms with Gasteiger partial charge in [-0.3, -0.25) is 4.79 Å². The zero-order chi connectivity index (χ0) is 21.1. The monoisotopic (exact) mass is 425 g/mol. The molecule has 0 radical (unpaired) electrons. The number of fused-ring (bicyclic) bond motifs is 1. The Balaban J connectivity index is 1.52. The van der Waals surface area contributed by atoms with Crippen LogP contribution < -0.4 is 0 Å². The Labute approximate surface area is 175 Å². The molecule has 1 fully saturated rings. The zero-order valence-electron chi connectivity index (χ0n) is 16.7. The molecule has 4 rings (SSSR count). The van der Waals surface area contributed by atoms with Crippen molar-refractivity contribution in [3.05, 3.63) is 66.0 Å². The summed E-state index contributed by atoms with van der Waals surface area (Å²) in [6.07, 6.45) is 1.92. The van der Waals surface area contributed by atoms with Crippen LogP contribution in [0.3, 0.4) is 0 Å². The number of hydrogen-bond donors (Lipinski definition) is 0. The van der Waals surface area contributed by atoms with Gasteiger partial charge in [0.1, 0.15) is 12.6 Å². The zero-order valence-corrected chi connectivity index (χ0v) is 17.5. The molecule has 8 heteroatoms. The summed E-state index contributed by atoms with van der Waals surface area (Å²) in [4.78, 5) is 22.1. The average Bonchev–Trinajstić information content (AvgIpc) is 2.78. The van der Waals surface area contributed by atoms with Crippen molar-refractivity contribution in [2.24, 2.45) is 0 Å². The Kier molecular flexibility index (Phi) is 5.78. The molecule has 1 aliphatic rings. The molecule has 1 saturated heterocycles. The van der Waals surface area contributed by atoms with E-state index in [1.54, 1.807) is 30.3 Å². The van der Waals surface area contributed by atoms with E-state index in [-0.39, 0.29) is 11.5 Å². The number of hydrogen-bond acceptors (Lipinski definition) is 6. The molecule has 0 spiro atoms. The van der Waals surface area contributed by atoms with Gasteiger partial charge < -0.3 is 4.74 Å². The molecule has 156 valence electrons. The third kappa shape index (κ3) is 4.06. The summed E-state index contributed by atoms with van der Waals surface area (Å²) in [6.45, 7) is 2.07. The van der Waals surface area contributed by atoms with Gasteiger partial charge in [0.05, 0.1) is 27.3 Å². The van der Waals surface area contributed by atoms with Crippen molar-refractivity contribution in [1.29, 1.82) is 0 Å². The molecule has 1 aliphatic heterocycles. The van der Waals surface area contributed by atoms with E-state index in [0.717, 1.165) is 17.5 Å². The SMILES string of the molecule is Cc1nc2ccccc2nc1COC(=O)C1CCCCN1S(=O)(=O)c1ccccc1. The summed E-state index contributed by atoms with van der Waals surface area (Å²) in [6, 6.07) is 14.8. The highest BCUT2D eigenvalue weighted by Crippen LogP contribution is 2.26. The van der Waals surface area contributed by atoms with E-state index in [2.05, 4.69) is 9.97 Å². The number of aryl methyl sites for hydroxylation is 1. The highest BCUT2D eigenvalue weighted by molar-refractivity contribution is 7.89. The van der Waals surface area contributed by atoms with Crippen LogP contribution >= 0.6 is 0 Å². The van der Waals surface area contributed by atoms with Gasteiger partial charge in [0.2, 0.25) is 10.0 Å². The first-order valence-corrected chi connectivity index (χ1v) is 11.4. The van der Waals surface area contributed by atoms with Crippen molar-refractivity contribution in [3.8, 4) is 0 Å². The minimum atomic E-state index is -3.77. The van der Waals surface area contributed by atoms with Crippen LogP contribution in [0.25, 0.3) is 11.0 Å². The smallest absolute Gasteiger partial charge is 0.324 e. The fourth-order valence-electron chi connectivity index (χ4n) is 3.65. The maximum Gasteiger partial charge on any atom is 0.324 e.